The Morgan fingerprint density at radius 3 is 2.51 bits per heavy atom. The molecule has 8 nitrogen and oxygen atoms in total. The molecule has 2 aromatic rings. The average Bonchev–Trinajstić information content (AvgIpc) is 3.11. The van der Waals surface area contributed by atoms with Crippen molar-refractivity contribution in [3.8, 4) is 5.75 Å². The zero-order valence-corrected chi connectivity index (χ0v) is 22.1. The smallest absolute Gasteiger partial charge is 0.339 e. The minimum atomic E-state index is -1.75. The first-order chi connectivity index (χ1) is 17.5. The average molecular weight is 522 g/mol. The normalized spacial score (nSPS) is 22.2. The number of anilines is 2. The highest BCUT2D eigenvalue weighted by Crippen LogP contribution is 2.58. The third kappa shape index (κ3) is 3.39. The number of nitrogens with zero attached hydrogens (tertiary/aromatic N) is 1. The summed E-state index contributed by atoms with van der Waals surface area (Å²) in [4.78, 5) is 43.2. The Morgan fingerprint density at radius 2 is 1.84 bits per heavy atom. The number of nitrogens with two attached hydrogens (primary N) is 1. The van der Waals surface area contributed by atoms with Crippen molar-refractivity contribution in [2.24, 2.45) is 11.1 Å². The number of rotatable bonds is 3. The highest BCUT2D eigenvalue weighted by molar-refractivity contribution is 6.31. The van der Waals surface area contributed by atoms with Gasteiger partial charge in [0.15, 0.2) is 5.78 Å². The maximum absolute atomic E-state index is 14.0. The van der Waals surface area contributed by atoms with Gasteiger partial charge in [-0.25, -0.2) is 4.79 Å². The van der Waals surface area contributed by atoms with E-state index < -0.39 is 22.7 Å². The first-order valence-electron chi connectivity index (χ1n) is 11.9. The molecule has 5 rings (SSSR count). The van der Waals surface area contributed by atoms with Crippen LogP contribution in [0, 0.1) is 12.3 Å². The summed E-state index contributed by atoms with van der Waals surface area (Å²) in [6.07, 6.45) is 0.618. The number of amides is 1. The highest BCUT2D eigenvalue weighted by Gasteiger charge is 2.63. The molecule has 0 bridgehead atoms. The number of hydrogen-bond donors (Lipinski definition) is 2. The number of benzene rings is 2. The maximum Gasteiger partial charge on any atom is 0.339 e. The summed E-state index contributed by atoms with van der Waals surface area (Å²) in [6.45, 7) is 5.81. The molecule has 1 amide bonds. The number of para-hydroxylation sites is 1. The lowest BCUT2D eigenvalue weighted by atomic mass is 9.60. The molecular weight excluding hydrogens is 494 g/mol. The number of aryl methyl sites for hydroxylation is 1. The van der Waals surface area contributed by atoms with E-state index in [4.69, 9.17) is 26.8 Å². The minimum absolute atomic E-state index is 0.0111. The van der Waals surface area contributed by atoms with E-state index in [1.54, 1.807) is 41.3 Å². The zero-order chi connectivity index (χ0) is 26.9. The van der Waals surface area contributed by atoms with Crippen molar-refractivity contribution in [3.63, 3.8) is 0 Å². The molecule has 9 heteroatoms. The first-order valence-corrected chi connectivity index (χ1v) is 12.3. The van der Waals surface area contributed by atoms with Gasteiger partial charge in [-0.1, -0.05) is 43.6 Å². The molecule has 0 saturated heterocycles. The van der Waals surface area contributed by atoms with E-state index in [1.807, 2.05) is 20.8 Å². The number of allylic oxidation sites excluding steroid dienone is 1. The molecule has 0 radical (unpaired) electrons. The van der Waals surface area contributed by atoms with Crippen LogP contribution in [0.25, 0.3) is 0 Å². The summed E-state index contributed by atoms with van der Waals surface area (Å²) in [7, 11) is 2.73. The molecular formula is C28H28ClN3O5. The van der Waals surface area contributed by atoms with Crippen LogP contribution in [0.2, 0.25) is 5.02 Å². The molecule has 3 N–H and O–H groups in total. The Labute approximate surface area is 220 Å². The van der Waals surface area contributed by atoms with Gasteiger partial charge in [0.1, 0.15) is 22.6 Å². The molecule has 37 heavy (non-hydrogen) atoms. The van der Waals surface area contributed by atoms with Gasteiger partial charge in [-0.05, 0) is 36.5 Å². The molecule has 192 valence electrons. The lowest BCUT2D eigenvalue weighted by molar-refractivity contribution is -0.138. The highest BCUT2D eigenvalue weighted by atomic mass is 35.5. The number of ketones is 1. The van der Waals surface area contributed by atoms with Crippen molar-refractivity contribution in [2.75, 3.05) is 24.4 Å². The van der Waals surface area contributed by atoms with Gasteiger partial charge in [-0.15, -0.1) is 0 Å². The largest absolute Gasteiger partial charge is 0.495 e. The molecule has 1 atom stereocenters. The molecule has 2 heterocycles. The number of carbonyl (C=O) groups is 3. The Morgan fingerprint density at radius 1 is 1.14 bits per heavy atom. The number of carbonyl (C=O) groups excluding carboxylic acids is 3. The lowest BCUT2D eigenvalue weighted by Crippen LogP contribution is -2.54. The Balaban J connectivity index is 1.95. The molecule has 1 spiro atoms. The second kappa shape index (κ2) is 8.38. The van der Waals surface area contributed by atoms with Crippen molar-refractivity contribution < 1.29 is 23.9 Å². The van der Waals surface area contributed by atoms with Crippen molar-refractivity contribution in [2.45, 2.75) is 39.0 Å². The summed E-state index contributed by atoms with van der Waals surface area (Å²) >= 11 is 6.39. The van der Waals surface area contributed by atoms with Crippen LogP contribution in [-0.2, 0) is 24.5 Å². The van der Waals surface area contributed by atoms with E-state index in [0.29, 0.717) is 39.8 Å². The van der Waals surface area contributed by atoms with E-state index >= 15 is 0 Å². The van der Waals surface area contributed by atoms with E-state index in [-0.39, 0.29) is 29.2 Å². The van der Waals surface area contributed by atoms with Crippen molar-refractivity contribution in [3.05, 3.63) is 75.2 Å². The molecule has 3 aliphatic rings. The number of methoxy groups -OCH3 is 2. The van der Waals surface area contributed by atoms with E-state index in [0.717, 1.165) is 5.56 Å². The standard InChI is InChI=1S/C28H28ClN3O5/c1-14-10-18(21(36-4)11-16(14)29)32-19-12-27(2,3)13-20(33)22(19)28(23(24(32)30)25(34)37-5)15-8-6-7-9-17(15)31-26(28)35/h6-11H,12-13,30H2,1-5H3,(H,31,35). The number of hydrogen-bond acceptors (Lipinski definition) is 7. The summed E-state index contributed by atoms with van der Waals surface area (Å²) in [5, 5.41) is 3.36. The summed E-state index contributed by atoms with van der Waals surface area (Å²) in [6, 6.07) is 10.5. The van der Waals surface area contributed by atoms with Crippen molar-refractivity contribution in [1.29, 1.82) is 0 Å². The number of esters is 1. The van der Waals surface area contributed by atoms with Crippen LogP contribution in [-0.4, -0.2) is 31.9 Å². The predicted octanol–water partition coefficient (Wildman–Crippen LogP) is 4.35. The minimum Gasteiger partial charge on any atom is -0.495 e. The molecule has 1 unspecified atom stereocenters. The van der Waals surface area contributed by atoms with Gasteiger partial charge >= 0.3 is 5.97 Å². The number of fused-ring (bicyclic) bond motifs is 3. The molecule has 2 aromatic carbocycles. The topological polar surface area (TPSA) is 111 Å². The Bertz CT molecular complexity index is 1460. The number of halogens is 1. The van der Waals surface area contributed by atoms with Crippen LogP contribution in [0.15, 0.2) is 59.1 Å². The molecule has 1 aliphatic carbocycles. The lowest BCUT2D eigenvalue weighted by Gasteiger charge is -2.47. The third-order valence-corrected chi connectivity index (χ3v) is 7.79. The van der Waals surface area contributed by atoms with E-state index in [1.165, 1.54) is 14.2 Å². The molecule has 0 saturated carbocycles. The molecule has 0 fully saturated rings. The van der Waals surface area contributed by atoms with Gasteiger partial charge in [0.2, 0.25) is 5.91 Å². The van der Waals surface area contributed by atoms with Gasteiger partial charge in [-0.2, -0.15) is 0 Å². The fourth-order valence-electron chi connectivity index (χ4n) is 5.85. The zero-order valence-electron chi connectivity index (χ0n) is 21.3. The van der Waals surface area contributed by atoms with E-state index in [2.05, 4.69) is 5.32 Å². The number of Topliss-reactive ketones (excluding diaryl/α,β-unsaturated/α-hetero) is 1. The van der Waals surface area contributed by atoms with Crippen LogP contribution >= 0.6 is 11.6 Å². The van der Waals surface area contributed by atoms with Gasteiger partial charge in [0.05, 0.1) is 19.9 Å². The van der Waals surface area contributed by atoms with Crippen molar-refractivity contribution in [1.82, 2.24) is 0 Å². The number of nitrogens with one attached hydrogen (secondary N) is 1. The molecule has 0 aromatic heterocycles. The van der Waals surface area contributed by atoms with E-state index in [9.17, 15) is 14.4 Å². The summed E-state index contributed by atoms with van der Waals surface area (Å²) in [5.41, 5.74) is 7.57. The Kier molecular flexibility index (Phi) is 5.64. The fourth-order valence-corrected chi connectivity index (χ4v) is 6.01. The van der Waals surface area contributed by atoms with Gasteiger partial charge in [0.25, 0.3) is 0 Å². The monoisotopic (exact) mass is 521 g/mol. The van der Waals surface area contributed by atoms with Gasteiger partial charge in [-0.3, -0.25) is 14.5 Å². The number of ether oxygens (including phenoxy) is 2. The van der Waals surface area contributed by atoms with Gasteiger partial charge in [0, 0.05) is 40.0 Å². The maximum atomic E-state index is 14.0. The Hall–Kier alpha value is -3.78. The second-order valence-corrected chi connectivity index (χ2v) is 10.8. The third-order valence-electron chi connectivity index (χ3n) is 7.38. The van der Waals surface area contributed by atoms with Crippen LogP contribution in [0.1, 0.15) is 37.8 Å². The quantitative estimate of drug-likeness (QED) is 0.577. The first kappa shape index (κ1) is 24.9. The van der Waals surface area contributed by atoms with Crippen LogP contribution in [0.4, 0.5) is 11.4 Å². The van der Waals surface area contributed by atoms with Gasteiger partial charge < -0.3 is 20.5 Å². The van der Waals surface area contributed by atoms with Crippen LogP contribution in [0.3, 0.4) is 0 Å². The second-order valence-electron chi connectivity index (χ2n) is 10.4. The van der Waals surface area contributed by atoms with Crippen LogP contribution in [0.5, 0.6) is 5.75 Å². The van der Waals surface area contributed by atoms with Crippen molar-refractivity contribution >= 4 is 40.6 Å². The fraction of sp³-hybridized carbons (Fsp3) is 0.321. The SMILES string of the molecule is COC(=O)C1=C(N)N(c2cc(C)c(Cl)cc2OC)C2=C(C(=O)CC(C)(C)C2)C12C(=O)Nc1ccccc12. The van der Waals surface area contributed by atoms with Crippen LogP contribution < -0.4 is 20.7 Å². The predicted molar refractivity (Wildman–Crippen MR) is 140 cm³/mol. The molecule has 2 aliphatic heterocycles. The summed E-state index contributed by atoms with van der Waals surface area (Å²) < 4.78 is 10.8. The summed E-state index contributed by atoms with van der Waals surface area (Å²) in [5.74, 6) is -1.16.